The Hall–Kier alpha value is -4.07. The lowest BCUT2D eigenvalue weighted by atomic mass is 9.97. The van der Waals surface area contributed by atoms with Crippen molar-refractivity contribution in [3.8, 4) is 28.4 Å². The molecule has 8 nitrogen and oxygen atoms in total. The molecule has 0 unspecified atom stereocenters. The molecule has 0 spiro atoms. The van der Waals surface area contributed by atoms with Gasteiger partial charge in [0, 0.05) is 11.1 Å². The van der Waals surface area contributed by atoms with Crippen molar-refractivity contribution in [2.24, 2.45) is 5.41 Å². The Bertz CT molecular complexity index is 1140. The van der Waals surface area contributed by atoms with E-state index in [1.807, 2.05) is 18.2 Å². The first-order chi connectivity index (χ1) is 17.4. The normalized spacial score (nSPS) is 10.7. The van der Waals surface area contributed by atoms with Gasteiger partial charge < -0.3 is 23.7 Å². The van der Waals surface area contributed by atoms with E-state index in [1.165, 1.54) is 0 Å². The highest BCUT2D eigenvalue weighted by molar-refractivity contribution is 5.89. The van der Waals surface area contributed by atoms with Crippen LogP contribution in [-0.4, -0.2) is 44.3 Å². The monoisotopic (exact) mass is 510 g/mol. The molecule has 37 heavy (non-hydrogen) atoms. The van der Waals surface area contributed by atoms with Crippen LogP contribution in [0.15, 0.2) is 66.8 Å². The Labute approximate surface area is 217 Å². The average Bonchev–Trinajstić information content (AvgIpc) is 2.84. The molecule has 0 aliphatic heterocycles. The zero-order valence-corrected chi connectivity index (χ0v) is 22.1. The molecular weight excluding hydrogens is 476 g/mol. The molecule has 0 N–H and O–H groups in total. The molecule has 0 heterocycles. The van der Waals surface area contributed by atoms with Gasteiger partial charge in [-0.3, -0.25) is 4.79 Å². The second kappa shape index (κ2) is 13.3. The Balaban J connectivity index is 2.14. The van der Waals surface area contributed by atoms with Crippen molar-refractivity contribution in [3.05, 3.63) is 66.8 Å². The molecule has 0 radical (unpaired) electrons. The Kier molecular flexibility index (Phi) is 10.5. The van der Waals surface area contributed by atoms with E-state index in [-0.39, 0.29) is 32.4 Å². The third kappa shape index (κ3) is 9.48. The van der Waals surface area contributed by atoms with Crippen molar-refractivity contribution in [2.75, 3.05) is 26.4 Å². The molecule has 8 heteroatoms. The molecule has 0 aromatic heterocycles. The maximum atomic E-state index is 12.0. The number of carbonyl (C=O) groups excluding carboxylic acids is 3. The van der Waals surface area contributed by atoms with Crippen molar-refractivity contribution >= 4 is 17.9 Å². The first-order valence-corrected chi connectivity index (χ1v) is 11.8. The summed E-state index contributed by atoms with van der Waals surface area (Å²) < 4.78 is 27.2. The van der Waals surface area contributed by atoms with Crippen LogP contribution in [0.25, 0.3) is 11.1 Å². The topological polar surface area (TPSA) is 97.4 Å². The minimum absolute atomic E-state index is 0.0421. The van der Waals surface area contributed by atoms with Gasteiger partial charge in [0.1, 0.15) is 32.2 Å². The zero-order valence-electron chi connectivity index (χ0n) is 22.1. The maximum Gasteiger partial charge on any atom is 0.338 e. The average molecular weight is 511 g/mol. The third-order valence-electron chi connectivity index (χ3n) is 4.80. The number of rotatable bonds is 12. The van der Waals surface area contributed by atoms with E-state index in [1.54, 1.807) is 58.9 Å². The number of benzene rings is 2. The van der Waals surface area contributed by atoms with Crippen LogP contribution >= 0.6 is 0 Å². The van der Waals surface area contributed by atoms with Gasteiger partial charge in [-0.25, -0.2) is 9.59 Å². The summed E-state index contributed by atoms with van der Waals surface area (Å²) in [5, 5.41) is 0. The van der Waals surface area contributed by atoms with Crippen LogP contribution in [-0.2, 0) is 23.9 Å². The van der Waals surface area contributed by atoms with Crippen molar-refractivity contribution in [1.82, 2.24) is 0 Å². The summed E-state index contributed by atoms with van der Waals surface area (Å²) in [6.45, 7) is 15.9. The molecule has 0 saturated carbocycles. The van der Waals surface area contributed by atoms with Crippen LogP contribution in [0.5, 0.6) is 17.2 Å². The van der Waals surface area contributed by atoms with Crippen LogP contribution < -0.4 is 14.2 Å². The Morgan fingerprint density at radius 1 is 0.703 bits per heavy atom. The summed E-state index contributed by atoms with van der Waals surface area (Å²) >= 11 is 0. The minimum Gasteiger partial charge on any atom is -0.486 e. The molecule has 2 aromatic carbocycles. The summed E-state index contributed by atoms with van der Waals surface area (Å²) in [6, 6.07) is 12.4. The van der Waals surface area contributed by atoms with Crippen molar-refractivity contribution < 1.29 is 38.1 Å². The van der Waals surface area contributed by atoms with Gasteiger partial charge in [0.2, 0.25) is 0 Å². The maximum absolute atomic E-state index is 12.0. The lowest BCUT2D eigenvalue weighted by molar-refractivity contribution is -0.153. The molecule has 2 aromatic rings. The highest BCUT2D eigenvalue weighted by Crippen LogP contribution is 2.33. The third-order valence-corrected chi connectivity index (χ3v) is 4.80. The largest absolute Gasteiger partial charge is 0.486 e. The smallest absolute Gasteiger partial charge is 0.338 e. The van der Waals surface area contributed by atoms with Gasteiger partial charge in [-0.1, -0.05) is 31.4 Å². The predicted molar refractivity (Wildman–Crippen MR) is 140 cm³/mol. The van der Waals surface area contributed by atoms with E-state index >= 15 is 0 Å². The number of esters is 3. The van der Waals surface area contributed by atoms with Gasteiger partial charge in [-0.15, -0.1) is 0 Å². The molecule has 198 valence electrons. The lowest BCUT2D eigenvalue weighted by Gasteiger charge is -2.18. The molecule has 0 fully saturated rings. The predicted octanol–water partition coefficient (Wildman–Crippen LogP) is 5.30. The van der Waals surface area contributed by atoms with E-state index in [4.69, 9.17) is 23.7 Å². The first kappa shape index (κ1) is 29.2. The molecule has 0 aliphatic carbocycles. The van der Waals surface area contributed by atoms with Crippen LogP contribution in [0.1, 0.15) is 34.6 Å². The molecule has 0 aliphatic rings. The summed E-state index contributed by atoms with van der Waals surface area (Å²) in [5.74, 6) is -0.0525. The minimum atomic E-state index is -0.611. The summed E-state index contributed by atoms with van der Waals surface area (Å²) in [7, 11) is 0. The summed E-state index contributed by atoms with van der Waals surface area (Å²) in [4.78, 5) is 35.3. The molecule has 0 saturated heterocycles. The fraction of sp³-hybridized carbons (Fsp3) is 0.345. The molecule has 0 bridgehead atoms. The van der Waals surface area contributed by atoms with Crippen LogP contribution in [0.4, 0.5) is 0 Å². The van der Waals surface area contributed by atoms with Gasteiger partial charge in [0.25, 0.3) is 0 Å². The van der Waals surface area contributed by atoms with E-state index in [0.717, 1.165) is 11.1 Å². The van der Waals surface area contributed by atoms with Crippen LogP contribution in [0.2, 0.25) is 0 Å². The number of hydrogen-bond acceptors (Lipinski definition) is 8. The van der Waals surface area contributed by atoms with Gasteiger partial charge in [0.15, 0.2) is 11.5 Å². The number of ether oxygens (including phenoxy) is 5. The summed E-state index contributed by atoms with van der Waals surface area (Å²) in [5.41, 5.74) is 1.67. The van der Waals surface area contributed by atoms with Crippen molar-refractivity contribution in [1.29, 1.82) is 0 Å². The fourth-order valence-electron chi connectivity index (χ4n) is 2.74. The first-order valence-electron chi connectivity index (χ1n) is 11.8. The van der Waals surface area contributed by atoms with Gasteiger partial charge in [0.05, 0.1) is 5.41 Å². The molecule has 0 amide bonds. The van der Waals surface area contributed by atoms with Crippen molar-refractivity contribution in [3.63, 3.8) is 0 Å². The number of hydrogen-bond donors (Lipinski definition) is 0. The van der Waals surface area contributed by atoms with E-state index in [9.17, 15) is 14.4 Å². The lowest BCUT2D eigenvalue weighted by Crippen LogP contribution is -2.25. The van der Waals surface area contributed by atoms with Crippen LogP contribution in [0.3, 0.4) is 0 Å². The van der Waals surface area contributed by atoms with Crippen molar-refractivity contribution in [2.45, 2.75) is 34.6 Å². The molecular formula is C29H34O8. The van der Waals surface area contributed by atoms with E-state index in [0.29, 0.717) is 28.4 Å². The van der Waals surface area contributed by atoms with E-state index < -0.39 is 17.4 Å². The Morgan fingerprint density at radius 3 is 1.81 bits per heavy atom. The highest BCUT2D eigenvalue weighted by atomic mass is 16.6. The second-order valence-corrected chi connectivity index (χ2v) is 9.35. The fourth-order valence-corrected chi connectivity index (χ4v) is 2.74. The Morgan fingerprint density at radius 2 is 1.24 bits per heavy atom. The van der Waals surface area contributed by atoms with Crippen LogP contribution in [0, 0.1) is 5.41 Å². The van der Waals surface area contributed by atoms with Gasteiger partial charge in [-0.05, 0) is 70.0 Å². The summed E-state index contributed by atoms with van der Waals surface area (Å²) in [6.07, 6.45) is 0. The number of carbonyl (C=O) groups is 3. The zero-order chi connectivity index (χ0) is 27.6. The molecule has 2 rings (SSSR count). The highest BCUT2D eigenvalue weighted by Gasteiger charge is 2.22. The quantitative estimate of drug-likeness (QED) is 0.164. The van der Waals surface area contributed by atoms with Gasteiger partial charge >= 0.3 is 17.9 Å². The second-order valence-electron chi connectivity index (χ2n) is 9.35. The SMILES string of the molecule is C=C(C)C(=O)OCCOc1ccc(-c2ccc(OC(=O)C(=C)C)cc2)cc1OCCOC(=O)C(C)(C)C. The standard InChI is InChI=1S/C29H34O8/c1-19(2)26(30)35-16-14-33-24-13-10-22(18-25(24)34-15-17-36-28(32)29(5,6)7)21-8-11-23(12-9-21)37-27(31)20(3)4/h8-13,18H,1,3,14-17H2,2,4-7H3. The van der Waals surface area contributed by atoms with E-state index in [2.05, 4.69) is 13.2 Å². The van der Waals surface area contributed by atoms with Gasteiger partial charge in [-0.2, -0.15) is 0 Å². The molecule has 0 atom stereocenters.